The minimum Gasteiger partial charge on any atom is -0.389 e. The molecule has 0 bridgehead atoms. The summed E-state index contributed by atoms with van der Waals surface area (Å²) in [5.41, 5.74) is 4.63. The lowest BCUT2D eigenvalue weighted by Crippen LogP contribution is -2.51. The van der Waals surface area contributed by atoms with Crippen molar-refractivity contribution >= 4 is 17.5 Å². The number of benzene rings is 1. The van der Waals surface area contributed by atoms with Crippen molar-refractivity contribution in [1.82, 2.24) is 9.97 Å². The molecule has 0 unspecified atom stereocenters. The summed E-state index contributed by atoms with van der Waals surface area (Å²) in [6, 6.07) is 8.57. The molecule has 2 aromatic rings. The van der Waals surface area contributed by atoms with Gasteiger partial charge in [-0.15, -0.1) is 0 Å². The molecule has 0 aliphatic carbocycles. The number of ether oxygens (including phenoxy) is 1. The molecular weight excluding hydrogens is 390 g/mol. The van der Waals surface area contributed by atoms with Crippen molar-refractivity contribution in [2.24, 2.45) is 5.41 Å². The Balaban J connectivity index is 1.64. The van der Waals surface area contributed by atoms with E-state index < -0.39 is 0 Å². The smallest absolute Gasteiger partial charge is 0.228 e. The van der Waals surface area contributed by atoms with Crippen LogP contribution in [-0.4, -0.2) is 67.1 Å². The van der Waals surface area contributed by atoms with E-state index >= 15 is 0 Å². The van der Waals surface area contributed by atoms with Crippen LogP contribution in [0.3, 0.4) is 0 Å². The van der Waals surface area contributed by atoms with Gasteiger partial charge in [-0.1, -0.05) is 26.8 Å². The van der Waals surface area contributed by atoms with Gasteiger partial charge in [0.2, 0.25) is 5.95 Å². The van der Waals surface area contributed by atoms with Gasteiger partial charge in [0.25, 0.3) is 0 Å². The van der Waals surface area contributed by atoms with E-state index in [9.17, 15) is 5.11 Å². The fourth-order valence-corrected chi connectivity index (χ4v) is 3.86. The Bertz CT molecular complexity index is 899. The van der Waals surface area contributed by atoms with Crippen LogP contribution in [0.25, 0.3) is 11.3 Å². The van der Waals surface area contributed by atoms with Gasteiger partial charge in [0.1, 0.15) is 5.82 Å². The Labute approximate surface area is 185 Å². The normalized spacial score (nSPS) is 17.6. The van der Waals surface area contributed by atoms with Gasteiger partial charge in [0, 0.05) is 50.0 Å². The fourth-order valence-electron chi connectivity index (χ4n) is 3.86. The quantitative estimate of drug-likeness (QED) is 0.735. The Morgan fingerprint density at radius 1 is 1.10 bits per heavy atom. The van der Waals surface area contributed by atoms with E-state index in [1.165, 1.54) is 5.56 Å². The van der Waals surface area contributed by atoms with Gasteiger partial charge in [-0.25, -0.2) is 4.98 Å². The number of nitrogens with zero attached hydrogens (tertiary/aromatic N) is 4. The van der Waals surface area contributed by atoms with Gasteiger partial charge >= 0.3 is 0 Å². The largest absolute Gasteiger partial charge is 0.389 e. The average Bonchev–Trinajstić information content (AvgIpc) is 2.72. The van der Waals surface area contributed by atoms with Gasteiger partial charge in [0.05, 0.1) is 25.0 Å². The van der Waals surface area contributed by atoms with E-state index in [-0.39, 0.29) is 6.10 Å². The van der Waals surface area contributed by atoms with Crippen molar-refractivity contribution in [3.63, 3.8) is 0 Å². The molecule has 31 heavy (non-hydrogen) atoms. The van der Waals surface area contributed by atoms with Crippen LogP contribution in [0.5, 0.6) is 0 Å². The van der Waals surface area contributed by atoms with E-state index in [2.05, 4.69) is 62.2 Å². The maximum absolute atomic E-state index is 9.77. The SMILES string of the molecule is Cc1ccc(NCCC(C)(C)C)cc1-c1cc(N2CCOCC2)nc(N2CC(O)C2)n1. The number of aromatic nitrogens is 2. The van der Waals surface area contributed by atoms with Crippen LogP contribution in [0.1, 0.15) is 32.8 Å². The molecule has 0 saturated carbocycles. The molecule has 2 aliphatic rings. The predicted molar refractivity (Wildman–Crippen MR) is 126 cm³/mol. The zero-order valence-electron chi connectivity index (χ0n) is 19.2. The highest BCUT2D eigenvalue weighted by atomic mass is 16.5. The van der Waals surface area contributed by atoms with Gasteiger partial charge < -0.3 is 25.0 Å². The maximum atomic E-state index is 9.77. The number of hydrogen-bond donors (Lipinski definition) is 2. The number of hydrogen-bond acceptors (Lipinski definition) is 7. The summed E-state index contributed by atoms with van der Waals surface area (Å²) in [7, 11) is 0. The summed E-state index contributed by atoms with van der Waals surface area (Å²) in [5, 5.41) is 13.3. The third-order valence-corrected chi connectivity index (χ3v) is 5.90. The second kappa shape index (κ2) is 9.01. The summed E-state index contributed by atoms with van der Waals surface area (Å²) >= 11 is 0. The maximum Gasteiger partial charge on any atom is 0.228 e. The summed E-state index contributed by atoms with van der Waals surface area (Å²) in [4.78, 5) is 14.0. The molecule has 1 aromatic carbocycles. The first-order valence-electron chi connectivity index (χ1n) is 11.3. The average molecular weight is 426 g/mol. The van der Waals surface area contributed by atoms with Gasteiger partial charge in [-0.05, 0) is 36.5 Å². The van der Waals surface area contributed by atoms with Gasteiger partial charge in [0.15, 0.2) is 0 Å². The van der Waals surface area contributed by atoms with Crippen molar-refractivity contribution in [2.75, 3.05) is 61.1 Å². The number of aryl methyl sites for hydroxylation is 1. The van der Waals surface area contributed by atoms with E-state index in [1.807, 2.05) is 4.90 Å². The molecule has 0 radical (unpaired) electrons. The van der Waals surface area contributed by atoms with Crippen LogP contribution < -0.4 is 15.1 Å². The minimum absolute atomic E-state index is 0.295. The highest BCUT2D eigenvalue weighted by Gasteiger charge is 2.28. The van der Waals surface area contributed by atoms with Crippen LogP contribution >= 0.6 is 0 Å². The summed E-state index contributed by atoms with van der Waals surface area (Å²) in [5.74, 6) is 1.62. The topological polar surface area (TPSA) is 73.8 Å². The highest BCUT2D eigenvalue weighted by Crippen LogP contribution is 2.31. The standard InChI is InChI=1S/C24H35N5O2/c1-17-5-6-18(25-8-7-24(2,3)4)13-20(17)21-14-22(28-9-11-31-12-10-28)27-23(26-21)29-15-19(30)16-29/h5-6,13-14,19,25,30H,7-12,15-16H2,1-4H3. The Morgan fingerprint density at radius 3 is 2.52 bits per heavy atom. The summed E-state index contributed by atoms with van der Waals surface area (Å²) in [6.07, 6.45) is 0.808. The second-order valence-electron chi connectivity index (χ2n) is 9.84. The van der Waals surface area contributed by atoms with Crippen molar-refractivity contribution < 1.29 is 9.84 Å². The molecule has 2 aliphatic heterocycles. The van der Waals surface area contributed by atoms with Crippen LogP contribution in [0.4, 0.5) is 17.5 Å². The lowest BCUT2D eigenvalue weighted by Gasteiger charge is -2.37. The Hall–Kier alpha value is -2.38. The minimum atomic E-state index is -0.295. The monoisotopic (exact) mass is 425 g/mol. The third kappa shape index (κ3) is 5.46. The van der Waals surface area contributed by atoms with Crippen molar-refractivity contribution in [3.8, 4) is 11.3 Å². The van der Waals surface area contributed by atoms with Gasteiger partial charge in [-0.3, -0.25) is 0 Å². The third-order valence-electron chi connectivity index (χ3n) is 5.90. The second-order valence-corrected chi connectivity index (χ2v) is 9.84. The van der Waals surface area contributed by atoms with E-state index in [0.29, 0.717) is 37.7 Å². The first-order chi connectivity index (χ1) is 14.8. The molecule has 7 nitrogen and oxygen atoms in total. The van der Waals surface area contributed by atoms with Crippen molar-refractivity contribution in [1.29, 1.82) is 0 Å². The van der Waals surface area contributed by atoms with Crippen molar-refractivity contribution in [2.45, 2.75) is 40.2 Å². The molecule has 0 spiro atoms. The first kappa shape index (κ1) is 21.8. The molecule has 168 valence electrons. The lowest BCUT2D eigenvalue weighted by atomic mass is 9.92. The first-order valence-corrected chi connectivity index (χ1v) is 11.3. The number of β-amino-alcohol motifs (C(OH)–C–C–N with tert-alkyl or cyclic N) is 1. The van der Waals surface area contributed by atoms with E-state index in [1.54, 1.807) is 0 Å². The molecule has 2 saturated heterocycles. The number of anilines is 3. The van der Waals surface area contributed by atoms with E-state index in [0.717, 1.165) is 48.8 Å². The molecule has 0 amide bonds. The molecular formula is C24H35N5O2. The molecule has 2 fully saturated rings. The number of aliphatic hydroxyl groups is 1. The van der Waals surface area contributed by atoms with Crippen LogP contribution in [-0.2, 0) is 4.74 Å². The van der Waals surface area contributed by atoms with Crippen LogP contribution in [0.2, 0.25) is 0 Å². The van der Waals surface area contributed by atoms with Gasteiger partial charge in [-0.2, -0.15) is 4.98 Å². The van der Waals surface area contributed by atoms with Crippen molar-refractivity contribution in [3.05, 3.63) is 29.8 Å². The van der Waals surface area contributed by atoms with Crippen LogP contribution in [0, 0.1) is 12.3 Å². The molecule has 7 heteroatoms. The summed E-state index contributed by atoms with van der Waals surface area (Å²) in [6.45, 7) is 14.1. The number of rotatable bonds is 6. The molecule has 3 heterocycles. The van der Waals surface area contributed by atoms with Crippen LogP contribution in [0.15, 0.2) is 24.3 Å². The summed E-state index contributed by atoms with van der Waals surface area (Å²) < 4.78 is 5.52. The molecule has 4 rings (SSSR count). The lowest BCUT2D eigenvalue weighted by molar-refractivity contribution is 0.122. The zero-order valence-corrected chi connectivity index (χ0v) is 19.2. The molecule has 0 atom stereocenters. The number of morpholine rings is 1. The molecule has 2 N–H and O–H groups in total. The Morgan fingerprint density at radius 2 is 1.84 bits per heavy atom. The highest BCUT2D eigenvalue weighted by molar-refractivity contribution is 5.72. The Kier molecular flexibility index (Phi) is 6.34. The number of aliphatic hydroxyl groups excluding tert-OH is 1. The fraction of sp³-hybridized carbons (Fsp3) is 0.583. The zero-order chi connectivity index (χ0) is 22.0. The molecule has 1 aromatic heterocycles. The number of nitrogens with one attached hydrogen (secondary N) is 1. The predicted octanol–water partition coefficient (Wildman–Crippen LogP) is 3.32. The van der Waals surface area contributed by atoms with E-state index in [4.69, 9.17) is 14.7 Å².